The summed E-state index contributed by atoms with van der Waals surface area (Å²) in [6.07, 6.45) is -0.272. The summed E-state index contributed by atoms with van der Waals surface area (Å²) in [6, 6.07) is -9.83. The Balaban J connectivity index is 3.30. The van der Waals surface area contributed by atoms with E-state index < -0.39 is 120 Å². The van der Waals surface area contributed by atoms with Gasteiger partial charge in [0.1, 0.15) is 42.3 Å². The number of carbonyl (C=O) groups excluding carboxylic acids is 7. The summed E-state index contributed by atoms with van der Waals surface area (Å²) in [4.78, 5) is 122. The quantitative estimate of drug-likeness (QED) is 0.0176. The van der Waals surface area contributed by atoms with Crippen molar-refractivity contribution in [3.05, 3.63) is 0 Å². The number of carbonyl (C=O) groups is 9. The highest BCUT2D eigenvalue weighted by atomic mass is 32.1. The topological polar surface area (TPSA) is 360 Å². The number of likely N-dealkylation sites (tertiary alicyclic amines) is 1. The normalized spacial score (nSPS) is 17.2. The first kappa shape index (κ1) is 53.2. The molecule has 0 aromatic carbocycles. The summed E-state index contributed by atoms with van der Waals surface area (Å²) in [6.45, 7) is 8.42. The third-order valence-electron chi connectivity index (χ3n) is 9.35. The minimum absolute atomic E-state index is 0.0294. The summed E-state index contributed by atoms with van der Waals surface area (Å²) < 4.78 is 0. The Morgan fingerprint density at radius 2 is 1.27 bits per heavy atom. The molecule has 0 aliphatic carbocycles. The van der Waals surface area contributed by atoms with Crippen LogP contribution < -0.4 is 49.1 Å². The number of nitrogens with one attached hydrogen (secondary N) is 6. The Morgan fingerprint density at radius 1 is 0.717 bits per heavy atom. The number of carboxylic acids is 2. The standard InChI is InChI=1S/C36H63N11O11S2/c1-17(2)14-23(44-28(50)19(5)41-33(55)27(18(3)4)46-29(51)20(37)15-59)32(54)43-22(10-11-26(48)49)31(53)42-21(8-6-12-40-36(38)39)30(52)45-24(16-60)34(56)47-13-7-9-25(47)35(57)58/h17-25,27,59-60H,6-16,37H2,1-5H3,(H,41,55)(H,42,53)(H,43,54)(H,44,50)(H,45,52)(H,46,51)(H,48,49)(H,57,58)(H4,38,39,40)/t19-,20-,21-,22-,23-,24-,25-,27-/m0/s1. The van der Waals surface area contributed by atoms with E-state index >= 15 is 0 Å². The van der Waals surface area contributed by atoms with Crippen LogP contribution in [0.2, 0.25) is 0 Å². The van der Waals surface area contributed by atoms with Gasteiger partial charge in [0.15, 0.2) is 5.96 Å². The number of thiol groups is 2. The fourth-order valence-electron chi connectivity index (χ4n) is 6.05. The van der Waals surface area contributed by atoms with Gasteiger partial charge >= 0.3 is 11.9 Å². The molecule has 24 heteroatoms. The zero-order chi connectivity index (χ0) is 45.9. The number of hydrogen-bond donors (Lipinski definition) is 13. The van der Waals surface area contributed by atoms with Crippen molar-refractivity contribution in [3.8, 4) is 0 Å². The van der Waals surface area contributed by atoms with Crippen molar-refractivity contribution in [3.63, 3.8) is 0 Å². The van der Waals surface area contributed by atoms with Crippen LogP contribution in [0.15, 0.2) is 4.99 Å². The highest BCUT2D eigenvalue weighted by Gasteiger charge is 2.39. The highest BCUT2D eigenvalue weighted by molar-refractivity contribution is 7.80. The monoisotopic (exact) mass is 889 g/mol. The van der Waals surface area contributed by atoms with Crippen LogP contribution in [-0.2, 0) is 43.2 Å². The molecule has 1 aliphatic heterocycles. The molecule has 60 heavy (non-hydrogen) atoms. The lowest BCUT2D eigenvalue weighted by atomic mass is 10.0. The molecular formula is C36H63N11O11S2. The Bertz CT molecular complexity index is 1570. The third kappa shape index (κ3) is 18.2. The average Bonchev–Trinajstić information content (AvgIpc) is 3.67. The number of guanidine groups is 1. The van der Waals surface area contributed by atoms with E-state index in [0.717, 1.165) is 4.90 Å². The van der Waals surface area contributed by atoms with E-state index in [1.807, 2.05) is 0 Å². The molecule has 1 fully saturated rings. The third-order valence-corrected chi connectivity index (χ3v) is 10.1. The average molecular weight is 890 g/mol. The lowest BCUT2D eigenvalue weighted by Crippen LogP contribution is -2.60. The Labute approximate surface area is 360 Å². The lowest BCUT2D eigenvalue weighted by Gasteiger charge is -2.29. The molecule has 0 bridgehead atoms. The van der Waals surface area contributed by atoms with E-state index in [-0.39, 0.29) is 62.2 Å². The first-order valence-electron chi connectivity index (χ1n) is 19.6. The number of aliphatic imine (C=N–C) groups is 1. The van der Waals surface area contributed by atoms with Crippen molar-refractivity contribution in [2.45, 2.75) is 128 Å². The summed E-state index contributed by atoms with van der Waals surface area (Å²) in [5, 5.41) is 34.2. The molecule has 0 unspecified atom stereocenters. The SMILES string of the molecule is CC(C)C[C@H](NC(=O)[C@H](C)NC(=O)[C@@H](NC(=O)[C@@H](N)CS)C(C)C)C(=O)N[C@@H](CCC(=O)O)C(=O)N[C@@H](CCCN=C(N)N)C(=O)N[C@@H](CS)C(=O)N1CCC[C@H]1C(=O)O. The van der Waals surface area contributed by atoms with Gasteiger partial charge in [-0.15, -0.1) is 0 Å². The molecule has 0 aromatic rings. The molecule has 0 saturated carbocycles. The zero-order valence-electron chi connectivity index (χ0n) is 34.6. The van der Waals surface area contributed by atoms with Gasteiger partial charge in [0.05, 0.1) is 6.04 Å². The van der Waals surface area contributed by atoms with Gasteiger partial charge < -0.3 is 64.2 Å². The Hall–Kier alpha value is -4.84. The van der Waals surface area contributed by atoms with Gasteiger partial charge in [-0.25, -0.2) is 4.79 Å². The molecule has 0 radical (unpaired) electrons. The van der Waals surface area contributed by atoms with E-state index in [1.165, 1.54) is 6.92 Å². The number of carboxylic acid groups (broad SMARTS) is 2. The van der Waals surface area contributed by atoms with Crippen molar-refractivity contribution >= 4 is 84.5 Å². The van der Waals surface area contributed by atoms with Crippen LogP contribution in [0.4, 0.5) is 0 Å². The van der Waals surface area contributed by atoms with Gasteiger partial charge in [-0.1, -0.05) is 27.7 Å². The van der Waals surface area contributed by atoms with Crippen molar-refractivity contribution in [1.29, 1.82) is 0 Å². The molecule has 22 nitrogen and oxygen atoms in total. The maximum Gasteiger partial charge on any atom is 0.326 e. The largest absolute Gasteiger partial charge is 0.481 e. The van der Waals surface area contributed by atoms with E-state index in [0.29, 0.717) is 6.42 Å². The summed E-state index contributed by atoms with van der Waals surface area (Å²) in [5.74, 6) is -9.00. The zero-order valence-corrected chi connectivity index (χ0v) is 36.4. The molecular weight excluding hydrogens is 827 g/mol. The van der Waals surface area contributed by atoms with Crippen molar-refractivity contribution in [2.75, 3.05) is 24.6 Å². The lowest BCUT2D eigenvalue weighted by molar-refractivity contribution is -0.149. The summed E-state index contributed by atoms with van der Waals surface area (Å²) in [7, 11) is 0. The minimum Gasteiger partial charge on any atom is -0.481 e. The first-order chi connectivity index (χ1) is 28.0. The second kappa shape index (κ2) is 26.4. The van der Waals surface area contributed by atoms with Crippen LogP contribution >= 0.6 is 25.3 Å². The number of hydrogen-bond acceptors (Lipinski definition) is 13. The fourth-order valence-corrected chi connectivity index (χ4v) is 6.46. The second-order valence-electron chi connectivity index (χ2n) is 15.2. The van der Waals surface area contributed by atoms with Crippen LogP contribution in [0.1, 0.15) is 79.6 Å². The molecule has 340 valence electrons. The van der Waals surface area contributed by atoms with E-state index in [9.17, 15) is 53.4 Å². The van der Waals surface area contributed by atoms with Gasteiger partial charge in [-0.3, -0.25) is 43.3 Å². The van der Waals surface area contributed by atoms with E-state index in [4.69, 9.17) is 17.2 Å². The van der Waals surface area contributed by atoms with Crippen molar-refractivity contribution in [1.82, 2.24) is 36.8 Å². The van der Waals surface area contributed by atoms with Gasteiger partial charge in [0.2, 0.25) is 41.4 Å². The molecule has 0 spiro atoms. The van der Waals surface area contributed by atoms with Crippen molar-refractivity contribution < 1.29 is 53.4 Å². The minimum atomic E-state index is -1.55. The maximum atomic E-state index is 13.8. The first-order valence-corrected chi connectivity index (χ1v) is 20.9. The molecule has 1 heterocycles. The smallest absolute Gasteiger partial charge is 0.326 e. The van der Waals surface area contributed by atoms with Gasteiger partial charge in [-0.05, 0) is 57.3 Å². The molecule has 1 saturated heterocycles. The summed E-state index contributed by atoms with van der Waals surface area (Å²) in [5.41, 5.74) is 16.5. The van der Waals surface area contributed by atoms with Crippen LogP contribution in [0, 0.1) is 11.8 Å². The number of rotatable bonds is 26. The molecule has 1 aliphatic rings. The number of aliphatic carboxylic acids is 2. The molecule has 0 aromatic heterocycles. The predicted octanol–water partition coefficient (Wildman–Crippen LogP) is -3.20. The predicted molar refractivity (Wildman–Crippen MR) is 226 cm³/mol. The van der Waals surface area contributed by atoms with Crippen LogP contribution in [0.3, 0.4) is 0 Å². The van der Waals surface area contributed by atoms with Crippen LogP contribution in [0.5, 0.6) is 0 Å². The Morgan fingerprint density at radius 3 is 1.77 bits per heavy atom. The molecule has 8 atom stereocenters. The van der Waals surface area contributed by atoms with Crippen LogP contribution in [0.25, 0.3) is 0 Å². The second-order valence-corrected chi connectivity index (χ2v) is 15.9. The molecule has 14 N–H and O–H groups in total. The summed E-state index contributed by atoms with van der Waals surface area (Å²) >= 11 is 8.18. The van der Waals surface area contributed by atoms with E-state index in [1.54, 1.807) is 27.7 Å². The van der Waals surface area contributed by atoms with Gasteiger partial charge in [0.25, 0.3) is 0 Å². The maximum absolute atomic E-state index is 13.8. The van der Waals surface area contributed by atoms with Gasteiger partial charge in [0, 0.05) is 31.0 Å². The highest BCUT2D eigenvalue weighted by Crippen LogP contribution is 2.19. The number of nitrogens with zero attached hydrogens (tertiary/aromatic N) is 2. The van der Waals surface area contributed by atoms with E-state index in [2.05, 4.69) is 62.2 Å². The number of amides is 7. The number of nitrogens with two attached hydrogens (primary N) is 3. The Kier molecular flexibility index (Phi) is 23.4. The van der Waals surface area contributed by atoms with Crippen LogP contribution in [-0.4, -0.2) is 147 Å². The molecule has 7 amide bonds. The fraction of sp³-hybridized carbons (Fsp3) is 0.722. The molecule has 1 rings (SSSR count). The van der Waals surface area contributed by atoms with Gasteiger partial charge in [-0.2, -0.15) is 25.3 Å². The van der Waals surface area contributed by atoms with Crippen molar-refractivity contribution in [2.24, 2.45) is 34.0 Å².